The third kappa shape index (κ3) is 4.75. The smallest absolute Gasteiger partial charge is 0.260 e. The SMILES string of the molecule is CCc1cccc2sc(N(CCCn3ccnc3)C(=O)c3ccc(C(C)(C)C)cc3)nc12. The van der Waals surface area contributed by atoms with Gasteiger partial charge in [0.05, 0.1) is 16.5 Å². The molecule has 0 fully saturated rings. The standard InChI is InChI=1S/C26H30N4OS/c1-5-19-8-6-9-22-23(19)28-25(32-22)30(16-7-15-29-17-14-27-18-29)24(31)20-10-12-21(13-11-20)26(2,3)4/h6,8-14,17-18H,5,7,15-16H2,1-4H3. The monoisotopic (exact) mass is 446 g/mol. The van der Waals surface area contributed by atoms with E-state index in [0.29, 0.717) is 12.1 Å². The Morgan fingerprint density at radius 3 is 2.56 bits per heavy atom. The first-order valence-electron chi connectivity index (χ1n) is 11.1. The van der Waals surface area contributed by atoms with Gasteiger partial charge in [-0.15, -0.1) is 0 Å². The number of hydrogen-bond donors (Lipinski definition) is 0. The van der Waals surface area contributed by atoms with Crippen molar-refractivity contribution in [3.8, 4) is 0 Å². The van der Waals surface area contributed by atoms with E-state index in [-0.39, 0.29) is 11.3 Å². The zero-order valence-electron chi connectivity index (χ0n) is 19.2. The van der Waals surface area contributed by atoms with Crippen LogP contribution in [0.4, 0.5) is 5.13 Å². The number of fused-ring (bicyclic) bond motifs is 1. The van der Waals surface area contributed by atoms with Gasteiger partial charge in [0.1, 0.15) is 0 Å². The molecule has 2 aromatic heterocycles. The molecule has 0 aliphatic rings. The van der Waals surface area contributed by atoms with Crippen LogP contribution >= 0.6 is 11.3 Å². The molecule has 2 heterocycles. The number of anilines is 1. The lowest BCUT2D eigenvalue weighted by molar-refractivity contribution is 0.0986. The molecule has 166 valence electrons. The van der Waals surface area contributed by atoms with Crippen molar-refractivity contribution in [1.29, 1.82) is 0 Å². The van der Waals surface area contributed by atoms with Crippen LogP contribution in [0.15, 0.2) is 61.2 Å². The van der Waals surface area contributed by atoms with Crippen LogP contribution in [0.5, 0.6) is 0 Å². The molecular weight excluding hydrogens is 416 g/mol. The minimum Gasteiger partial charge on any atom is -0.337 e. The van der Waals surface area contributed by atoms with Gasteiger partial charge in [-0.1, -0.05) is 63.3 Å². The fourth-order valence-corrected chi connectivity index (χ4v) is 4.82. The first kappa shape index (κ1) is 22.2. The second kappa shape index (κ2) is 9.25. The highest BCUT2D eigenvalue weighted by atomic mass is 32.1. The molecule has 0 N–H and O–H groups in total. The van der Waals surface area contributed by atoms with Gasteiger partial charge in [-0.3, -0.25) is 9.69 Å². The molecule has 6 heteroatoms. The molecule has 0 unspecified atom stereocenters. The van der Waals surface area contributed by atoms with E-state index in [9.17, 15) is 4.79 Å². The normalized spacial score (nSPS) is 11.8. The number of rotatable bonds is 7. The second-order valence-corrected chi connectivity index (χ2v) is 10.1. The van der Waals surface area contributed by atoms with Gasteiger partial charge in [0.15, 0.2) is 5.13 Å². The topological polar surface area (TPSA) is 51.0 Å². The molecule has 0 saturated heterocycles. The highest BCUT2D eigenvalue weighted by molar-refractivity contribution is 7.22. The van der Waals surface area contributed by atoms with Crippen molar-refractivity contribution in [2.24, 2.45) is 0 Å². The number of aryl methyl sites for hydroxylation is 2. The molecule has 0 bridgehead atoms. The Labute approximate surface area is 193 Å². The number of aromatic nitrogens is 3. The summed E-state index contributed by atoms with van der Waals surface area (Å²) in [5.41, 5.74) is 4.18. The molecule has 2 aromatic carbocycles. The number of hydrogen-bond acceptors (Lipinski definition) is 4. The lowest BCUT2D eigenvalue weighted by Gasteiger charge is -2.22. The maximum absolute atomic E-state index is 13.6. The van der Waals surface area contributed by atoms with E-state index < -0.39 is 0 Å². The first-order chi connectivity index (χ1) is 15.4. The summed E-state index contributed by atoms with van der Waals surface area (Å²) in [7, 11) is 0. The molecular formula is C26H30N4OS. The molecule has 32 heavy (non-hydrogen) atoms. The Bertz CT molecular complexity index is 1190. The fraction of sp³-hybridized carbons (Fsp3) is 0.346. The highest BCUT2D eigenvalue weighted by Crippen LogP contribution is 2.32. The lowest BCUT2D eigenvalue weighted by Crippen LogP contribution is -2.32. The van der Waals surface area contributed by atoms with Crippen molar-refractivity contribution in [3.05, 3.63) is 77.9 Å². The summed E-state index contributed by atoms with van der Waals surface area (Å²) in [5.74, 6) is -0.00630. The van der Waals surface area contributed by atoms with Crippen molar-refractivity contribution in [3.63, 3.8) is 0 Å². The van der Waals surface area contributed by atoms with Gasteiger partial charge in [0, 0.05) is 31.0 Å². The Morgan fingerprint density at radius 2 is 1.91 bits per heavy atom. The minimum atomic E-state index is -0.00630. The van der Waals surface area contributed by atoms with Crippen LogP contribution in [0.1, 0.15) is 55.6 Å². The third-order valence-electron chi connectivity index (χ3n) is 5.70. The molecule has 4 aromatic rings. The van der Waals surface area contributed by atoms with Gasteiger partial charge < -0.3 is 4.57 Å². The summed E-state index contributed by atoms with van der Waals surface area (Å²) in [4.78, 5) is 24.5. The number of amides is 1. The number of thiazole rings is 1. The first-order valence-corrected chi connectivity index (χ1v) is 11.9. The average Bonchev–Trinajstić information content (AvgIpc) is 3.45. The van der Waals surface area contributed by atoms with E-state index >= 15 is 0 Å². The van der Waals surface area contributed by atoms with Crippen LogP contribution in [-0.4, -0.2) is 27.0 Å². The van der Waals surface area contributed by atoms with Crippen LogP contribution in [0.3, 0.4) is 0 Å². The van der Waals surface area contributed by atoms with Gasteiger partial charge in [-0.25, -0.2) is 9.97 Å². The molecule has 0 atom stereocenters. The summed E-state index contributed by atoms with van der Waals surface area (Å²) >= 11 is 1.59. The molecule has 1 amide bonds. The molecule has 4 rings (SSSR count). The maximum atomic E-state index is 13.6. The zero-order chi connectivity index (χ0) is 22.7. The number of carbonyl (C=O) groups excluding carboxylic acids is 1. The Balaban J connectivity index is 1.64. The number of para-hydroxylation sites is 1. The number of imidazole rings is 1. The van der Waals surface area contributed by atoms with Crippen LogP contribution in [0, 0.1) is 0 Å². The highest BCUT2D eigenvalue weighted by Gasteiger charge is 2.22. The molecule has 0 saturated carbocycles. The maximum Gasteiger partial charge on any atom is 0.260 e. The Kier molecular flexibility index (Phi) is 6.42. The summed E-state index contributed by atoms with van der Waals surface area (Å²) in [6.45, 7) is 10.1. The van der Waals surface area contributed by atoms with Gasteiger partial charge in [0.25, 0.3) is 5.91 Å². The van der Waals surface area contributed by atoms with Gasteiger partial charge in [0.2, 0.25) is 0 Å². The predicted octanol–water partition coefficient (Wildman–Crippen LogP) is 6.09. The minimum absolute atomic E-state index is 0.00630. The van der Waals surface area contributed by atoms with Crippen LogP contribution in [0.25, 0.3) is 10.2 Å². The van der Waals surface area contributed by atoms with Gasteiger partial charge in [-0.2, -0.15) is 0 Å². The summed E-state index contributed by atoms with van der Waals surface area (Å²) in [5, 5.41) is 0.761. The molecule has 5 nitrogen and oxygen atoms in total. The Hall–Kier alpha value is -2.99. The summed E-state index contributed by atoms with van der Waals surface area (Å²) in [6, 6.07) is 14.3. The summed E-state index contributed by atoms with van der Waals surface area (Å²) < 4.78 is 3.16. The van der Waals surface area contributed by atoms with Crippen molar-refractivity contribution < 1.29 is 4.79 Å². The third-order valence-corrected chi connectivity index (χ3v) is 6.75. The number of nitrogens with zero attached hydrogens (tertiary/aromatic N) is 4. The lowest BCUT2D eigenvalue weighted by atomic mass is 9.86. The second-order valence-electron chi connectivity index (χ2n) is 9.05. The van der Waals surface area contributed by atoms with E-state index in [1.807, 2.05) is 34.1 Å². The Morgan fingerprint density at radius 1 is 1.12 bits per heavy atom. The molecule has 0 aliphatic heterocycles. The van der Waals surface area contributed by atoms with E-state index in [1.165, 1.54) is 11.1 Å². The quantitative estimate of drug-likeness (QED) is 0.345. The van der Waals surface area contributed by atoms with E-state index in [1.54, 1.807) is 17.5 Å². The molecule has 0 radical (unpaired) electrons. The summed E-state index contributed by atoms with van der Waals surface area (Å²) in [6.07, 6.45) is 7.27. The number of carbonyl (C=O) groups is 1. The van der Waals surface area contributed by atoms with Gasteiger partial charge >= 0.3 is 0 Å². The van der Waals surface area contributed by atoms with Crippen LogP contribution < -0.4 is 4.90 Å². The van der Waals surface area contributed by atoms with Crippen molar-refractivity contribution in [2.75, 3.05) is 11.4 Å². The van der Waals surface area contributed by atoms with Gasteiger partial charge in [-0.05, 0) is 47.6 Å². The van der Waals surface area contributed by atoms with Crippen LogP contribution in [0.2, 0.25) is 0 Å². The zero-order valence-corrected chi connectivity index (χ0v) is 20.0. The molecule has 0 spiro atoms. The predicted molar refractivity (Wildman–Crippen MR) is 133 cm³/mol. The molecule has 0 aliphatic carbocycles. The van der Waals surface area contributed by atoms with E-state index in [4.69, 9.17) is 4.98 Å². The van der Waals surface area contributed by atoms with E-state index in [2.05, 4.69) is 63.0 Å². The van der Waals surface area contributed by atoms with E-state index in [0.717, 1.165) is 34.7 Å². The average molecular weight is 447 g/mol. The van der Waals surface area contributed by atoms with Crippen LogP contribution in [-0.2, 0) is 18.4 Å². The van der Waals surface area contributed by atoms with Crippen molar-refractivity contribution in [1.82, 2.24) is 14.5 Å². The fourth-order valence-electron chi connectivity index (χ4n) is 3.78. The van der Waals surface area contributed by atoms with Crippen molar-refractivity contribution in [2.45, 2.75) is 52.5 Å². The number of benzene rings is 2. The largest absolute Gasteiger partial charge is 0.337 e. The van der Waals surface area contributed by atoms with Crippen molar-refractivity contribution >= 4 is 32.6 Å².